The second kappa shape index (κ2) is 9.07. The molecule has 0 aliphatic rings. The molecule has 1 aromatic carbocycles. The maximum absolute atomic E-state index is 11.7. The zero-order valence-electron chi connectivity index (χ0n) is 13.6. The van der Waals surface area contributed by atoms with Gasteiger partial charge in [-0.2, -0.15) is 0 Å². The van der Waals surface area contributed by atoms with Gasteiger partial charge >= 0.3 is 6.03 Å². The lowest BCUT2D eigenvalue weighted by Crippen LogP contribution is -2.41. The number of carbonyl (C=O) groups is 2. The van der Waals surface area contributed by atoms with Gasteiger partial charge in [-0.15, -0.1) is 10.2 Å². The lowest BCUT2D eigenvalue weighted by molar-refractivity contribution is -0.117. The summed E-state index contributed by atoms with van der Waals surface area (Å²) in [6.07, 6.45) is 0.540. The Balaban J connectivity index is 1.74. The Labute approximate surface area is 144 Å². The lowest BCUT2D eigenvalue weighted by Gasteiger charge is -2.07. The molecule has 8 heteroatoms. The molecular weight excluding hydrogens is 328 g/mol. The normalized spacial score (nSPS) is 10.6. The van der Waals surface area contributed by atoms with E-state index in [1.54, 1.807) is 0 Å². The van der Waals surface area contributed by atoms with E-state index in [0.717, 1.165) is 17.3 Å². The molecule has 0 fully saturated rings. The minimum absolute atomic E-state index is 0.0298. The summed E-state index contributed by atoms with van der Waals surface area (Å²) in [7, 11) is 0. The van der Waals surface area contributed by atoms with Gasteiger partial charge in [0.05, 0.1) is 12.2 Å². The molecule has 0 aliphatic heterocycles. The topological polar surface area (TPSA) is 97.1 Å². The van der Waals surface area contributed by atoms with Crippen molar-refractivity contribution in [1.29, 1.82) is 0 Å². The molecular formula is C16H20N4O3S. The molecule has 0 unspecified atom stereocenters. The van der Waals surface area contributed by atoms with Crippen LogP contribution in [0.5, 0.6) is 0 Å². The second-order valence-corrected chi connectivity index (χ2v) is 6.49. The van der Waals surface area contributed by atoms with Gasteiger partial charge in [0.1, 0.15) is 0 Å². The average molecular weight is 348 g/mol. The smallest absolute Gasteiger partial charge is 0.321 e. The molecule has 0 bridgehead atoms. The maximum atomic E-state index is 11.7. The third-order valence-corrected chi connectivity index (χ3v) is 3.72. The minimum atomic E-state index is -0.496. The number of imide groups is 1. The highest BCUT2D eigenvalue weighted by molar-refractivity contribution is 7.99. The minimum Gasteiger partial charge on any atom is -0.416 e. The van der Waals surface area contributed by atoms with Crippen molar-refractivity contribution < 1.29 is 14.0 Å². The van der Waals surface area contributed by atoms with Gasteiger partial charge in [0.25, 0.3) is 5.22 Å². The fraction of sp³-hybridized carbons (Fsp3) is 0.375. The van der Waals surface area contributed by atoms with E-state index in [0.29, 0.717) is 30.0 Å². The van der Waals surface area contributed by atoms with Gasteiger partial charge in [-0.05, 0) is 11.5 Å². The van der Waals surface area contributed by atoms with E-state index in [1.807, 2.05) is 44.2 Å². The van der Waals surface area contributed by atoms with Crippen molar-refractivity contribution in [3.05, 3.63) is 41.8 Å². The first-order chi connectivity index (χ1) is 11.5. The number of urea groups is 1. The van der Waals surface area contributed by atoms with Crippen molar-refractivity contribution in [2.45, 2.75) is 25.5 Å². The molecule has 1 heterocycles. The largest absolute Gasteiger partial charge is 0.416 e. The number of nitrogens with zero attached hydrogens (tertiary/aromatic N) is 2. The summed E-state index contributed by atoms with van der Waals surface area (Å²) in [5.41, 5.74) is 1.07. The van der Waals surface area contributed by atoms with Gasteiger partial charge in [-0.25, -0.2) is 4.79 Å². The molecule has 3 amide bonds. The van der Waals surface area contributed by atoms with Crippen molar-refractivity contribution in [3.8, 4) is 0 Å². The molecule has 0 radical (unpaired) electrons. The summed E-state index contributed by atoms with van der Waals surface area (Å²) in [6, 6.07) is 9.27. The summed E-state index contributed by atoms with van der Waals surface area (Å²) in [5.74, 6) is 0.423. The summed E-state index contributed by atoms with van der Waals surface area (Å²) < 4.78 is 5.48. The Morgan fingerprint density at radius 1 is 1.21 bits per heavy atom. The Hall–Kier alpha value is -2.35. The van der Waals surface area contributed by atoms with E-state index < -0.39 is 11.9 Å². The zero-order chi connectivity index (χ0) is 17.4. The van der Waals surface area contributed by atoms with Crippen LogP contribution in [0.15, 0.2) is 40.0 Å². The van der Waals surface area contributed by atoms with E-state index >= 15 is 0 Å². The highest BCUT2D eigenvalue weighted by Gasteiger charge is 2.12. The quantitative estimate of drug-likeness (QED) is 0.745. The molecule has 0 saturated carbocycles. The molecule has 0 atom stereocenters. The van der Waals surface area contributed by atoms with E-state index in [2.05, 4.69) is 20.8 Å². The van der Waals surface area contributed by atoms with Crippen LogP contribution in [0, 0.1) is 5.92 Å². The van der Waals surface area contributed by atoms with Crippen molar-refractivity contribution in [1.82, 2.24) is 20.8 Å². The SMILES string of the molecule is CC(C)CNC(=O)NC(=O)CSc1nnc(Cc2ccccc2)o1. The monoisotopic (exact) mass is 348 g/mol. The van der Waals surface area contributed by atoms with Gasteiger partial charge in [0, 0.05) is 6.54 Å². The van der Waals surface area contributed by atoms with Gasteiger partial charge in [0.2, 0.25) is 11.8 Å². The predicted octanol–water partition coefficient (Wildman–Crippen LogP) is 2.23. The molecule has 2 rings (SSSR count). The Bertz CT molecular complexity index is 673. The number of nitrogens with one attached hydrogen (secondary N) is 2. The molecule has 2 N–H and O–H groups in total. The zero-order valence-corrected chi connectivity index (χ0v) is 14.4. The van der Waals surface area contributed by atoms with Crippen molar-refractivity contribution >= 4 is 23.7 Å². The lowest BCUT2D eigenvalue weighted by atomic mass is 10.2. The first-order valence-corrected chi connectivity index (χ1v) is 8.58. The summed E-state index contributed by atoms with van der Waals surface area (Å²) in [6.45, 7) is 4.46. The molecule has 24 heavy (non-hydrogen) atoms. The van der Waals surface area contributed by atoms with Crippen LogP contribution in [0.1, 0.15) is 25.3 Å². The number of carbonyl (C=O) groups excluding carboxylic acids is 2. The number of aromatic nitrogens is 2. The maximum Gasteiger partial charge on any atom is 0.321 e. The molecule has 0 saturated heterocycles. The first kappa shape index (κ1) is 18.0. The Kier molecular flexibility index (Phi) is 6.80. The van der Waals surface area contributed by atoms with E-state index in [-0.39, 0.29) is 5.75 Å². The predicted molar refractivity (Wildman–Crippen MR) is 90.6 cm³/mol. The molecule has 128 valence electrons. The average Bonchev–Trinajstić information content (AvgIpc) is 2.99. The number of thioether (sulfide) groups is 1. The third-order valence-electron chi connectivity index (χ3n) is 2.90. The molecule has 0 spiro atoms. The van der Waals surface area contributed by atoms with Gasteiger partial charge in [-0.1, -0.05) is 55.9 Å². The van der Waals surface area contributed by atoms with Crippen LogP contribution in [0.2, 0.25) is 0 Å². The molecule has 7 nitrogen and oxygen atoms in total. The van der Waals surface area contributed by atoms with Crippen LogP contribution < -0.4 is 10.6 Å². The molecule has 1 aromatic heterocycles. The summed E-state index contributed by atoms with van der Waals surface area (Å²) in [5, 5.41) is 13.0. The second-order valence-electron chi connectivity index (χ2n) is 5.56. The van der Waals surface area contributed by atoms with E-state index in [4.69, 9.17) is 4.42 Å². The highest BCUT2D eigenvalue weighted by Crippen LogP contribution is 2.17. The van der Waals surface area contributed by atoms with Crippen molar-refractivity contribution in [2.75, 3.05) is 12.3 Å². The van der Waals surface area contributed by atoms with Crippen LogP contribution in [-0.2, 0) is 11.2 Å². The number of rotatable bonds is 7. The van der Waals surface area contributed by atoms with Crippen molar-refractivity contribution in [3.63, 3.8) is 0 Å². The van der Waals surface area contributed by atoms with Crippen molar-refractivity contribution in [2.24, 2.45) is 5.92 Å². The van der Waals surface area contributed by atoms with Gasteiger partial charge in [-0.3, -0.25) is 10.1 Å². The van der Waals surface area contributed by atoms with Crippen LogP contribution in [0.25, 0.3) is 0 Å². The third kappa shape index (κ3) is 6.41. The van der Waals surface area contributed by atoms with Crippen LogP contribution >= 0.6 is 11.8 Å². The molecule has 0 aliphatic carbocycles. The van der Waals surface area contributed by atoms with Crippen LogP contribution in [0.4, 0.5) is 4.79 Å². The summed E-state index contributed by atoms with van der Waals surface area (Å²) in [4.78, 5) is 23.2. The van der Waals surface area contributed by atoms with Gasteiger partial charge in [0.15, 0.2) is 0 Å². The molecule has 2 aromatic rings. The summed E-state index contributed by atoms with van der Waals surface area (Å²) >= 11 is 1.09. The number of benzene rings is 1. The number of hydrogen-bond donors (Lipinski definition) is 2. The van der Waals surface area contributed by atoms with Crippen LogP contribution in [0.3, 0.4) is 0 Å². The van der Waals surface area contributed by atoms with E-state index in [1.165, 1.54) is 0 Å². The Morgan fingerprint density at radius 2 is 1.96 bits per heavy atom. The highest BCUT2D eigenvalue weighted by atomic mass is 32.2. The Morgan fingerprint density at radius 3 is 2.67 bits per heavy atom. The fourth-order valence-electron chi connectivity index (χ4n) is 1.77. The van der Waals surface area contributed by atoms with Crippen LogP contribution in [-0.4, -0.2) is 34.4 Å². The van der Waals surface area contributed by atoms with E-state index in [9.17, 15) is 9.59 Å². The fourth-order valence-corrected chi connectivity index (χ4v) is 2.35. The number of amides is 3. The van der Waals surface area contributed by atoms with Gasteiger partial charge < -0.3 is 9.73 Å². The standard InChI is InChI=1S/C16H20N4O3S/c1-11(2)9-17-15(22)18-13(21)10-24-16-20-19-14(23-16)8-12-6-4-3-5-7-12/h3-7,11H,8-10H2,1-2H3,(H2,17,18,21,22). The first-order valence-electron chi connectivity index (χ1n) is 7.59. The number of hydrogen-bond acceptors (Lipinski definition) is 6.